The van der Waals surface area contributed by atoms with Gasteiger partial charge in [0.25, 0.3) is 0 Å². The zero-order chi connectivity index (χ0) is 15.4. The van der Waals surface area contributed by atoms with Crippen molar-refractivity contribution in [1.82, 2.24) is 0 Å². The van der Waals surface area contributed by atoms with E-state index < -0.39 is 0 Å². The van der Waals surface area contributed by atoms with E-state index in [1.54, 1.807) is 0 Å². The van der Waals surface area contributed by atoms with Crippen LogP contribution in [0.5, 0.6) is 0 Å². The molecule has 2 rings (SSSR count). The van der Waals surface area contributed by atoms with Crippen LogP contribution in [0.4, 0.5) is 5.69 Å². The molecule has 0 saturated heterocycles. The van der Waals surface area contributed by atoms with Crippen LogP contribution in [0, 0.1) is 13.8 Å². The Hall–Kier alpha value is -1.80. The fourth-order valence-corrected chi connectivity index (χ4v) is 2.64. The summed E-state index contributed by atoms with van der Waals surface area (Å²) in [4.78, 5) is 2.27. The summed E-state index contributed by atoms with van der Waals surface area (Å²) in [5, 5.41) is 0. The van der Waals surface area contributed by atoms with E-state index >= 15 is 0 Å². The van der Waals surface area contributed by atoms with Gasteiger partial charge in [-0.25, -0.2) is 0 Å². The molecule has 0 saturated carbocycles. The van der Waals surface area contributed by atoms with Crippen molar-refractivity contribution in [2.24, 2.45) is 5.73 Å². The number of anilines is 1. The third-order valence-electron chi connectivity index (χ3n) is 4.36. The molecular formula is C19H26N2. The zero-order valence-electron chi connectivity index (χ0n) is 13.6. The molecule has 0 amide bonds. The van der Waals surface area contributed by atoms with Crippen molar-refractivity contribution in [3.63, 3.8) is 0 Å². The number of likely N-dealkylation sites (N-methyl/N-ethyl adjacent to an activating group) is 1. The Morgan fingerprint density at radius 1 is 1.00 bits per heavy atom. The van der Waals surface area contributed by atoms with Gasteiger partial charge in [0.05, 0.1) is 6.04 Å². The zero-order valence-corrected chi connectivity index (χ0v) is 13.6. The fourth-order valence-electron chi connectivity index (χ4n) is 2.64. The molecule has 2 heteroatoms. The van der Waals surface area contributed by atoms with E-state index in [0.29, 0.717) is 6.54 Å². The number of hydrogen-bond acceptors (Lipinski definition) is 2. The normalized spacial score (nSPS) is 12.2. The monoisotopic (exact) mass is 282 g/mol. The molecule has 0 fully saturated rings. The van der Waals surface area contributed by atoms with Crippen LogP contribution in [-0.4, -0.2) is 13.6 Å². The first kappa shape index (κ1) is 15.6. The predicted molar refractivity (Wildman–Crippen MR) is 91.9 cm³/mol. The van der Waals surface area contributed by atoms with Crippen LogP contribution in [0.15, 0.2) is 42.5 Å². The van der Waals surface area contributed by atoms with Gasteiger partial charge in [-0.1, -0.05) is 37.3 Å². The average molecular weight is 282 g/mol. The SMILES string of the molecule is CCc1ccc(N(C)C(CN)c2ccc(C)c(C)c2)cc1. The van der Waals surface area contributed by atoms with Crippen molar-refractivity contribution in [3.8, 4) is 0 Å². The van der Waals surface area contributed by atoms with Crippen LogP contribution in [0.1, 0.15) is 35.2 Å². The predicted octanol–water partition coefficient (Wildman–Crippen LogP) is 4.00. The summed E-state index contributed by atoms with van der Waals surface area (Å²) in [6, 6.07) is 15.6. The molecule has 0 radical (unpaired) electrons. The van der Waals surface area contributed by atoms with Crippen molar-refractivity contribution in [2.75, 3.05) is 18.5 Å². The molecule has 21 heavy (non-hydrogen) atoms. The minimum atomic E-state index is 0.205. The molecule has 2 aromatic rings. The van der Waals surface area contributed by atoms with Gasteiger partial charge in [-0.15, -0.1) is 0 Å². The van der Waals surface area contributed by atoms with Crippen LogP contribution in [0.25, 0.3) is 0 Å². The Morgan fingerprint density at radius 2 is 1.67 bits per heavy atom. The Labute approximate surface area is 128 Å². The lowest BCUT2D eigenvalue weighted by Crippen LogP contribution is -2.30. The minimum absolute atomic E-state index is 0.205. The van der Waals surface area contributed by atoms with Crippen molar-refractivity contribution in [1.29, 1.82) is 0 Å². The van der Waals surface area contributed by atoms with Gasteiger partial charge in [-0.2, -0.15) is 0 Å². The Balaban J connectivity index is 2.28. The van der Waals surface area contributed by atoms with E-state index in [4.69, 9.17) is 5.73 Å². The molecule has 2 aromatic carbocycles. The highest BCUT2D eigenvalue weighted by Gasteiger charge is 2.16. The van der Waals surface area contributed by atoms with Crippen molar-refractivity contribution < 1.29 is 0 Å². The second kappa shape index (κ2) is 6.77. The number of nitrogens with two attached hydrogens (primary N) is 1. The second-order valence-electron chi connectivity index (χ2n) is 5.73. The van der Waals surface area contributed by atoms with Crippen LogP contribution < -0.4 is 10.6 Å². The molecule has 0 bridgehead atoms. The topological polar surface area (TPSA) is 29.3 Å². The largest absolute Gasteiger partial charge is 0.366 e. The van der Waals surface area contributed by atoms with Crippen molar-refractivity contribution in [2.45, 2.75) is 33.2 Å². The summed E-state index contributed by atoms with van der Waals surface area (Å²) >= 11 is 0. The summed E-state index contributed by atoms with van der Waals surface area (Å²) in [7, 11) is 2.12. The van der Waals surface area contributed by atoms with Gasteiger partial charge < -0.3 is 10.6 Å². The van der Waals surface area contributed by atoms with Crippen LogP contribution in [-0.2, 0) is 6.42 Å². The first-order chi connectivity index (χ1) is 10.1. The molecule has 112 valence electrons. The second-order valence-corrected chi connectivity index (χ2v) is 5.73. The highest BCUT2D eigenvalue weighted by molar-refractivity contribution is 5.50. The Morgan fingerprint density at radius 3 is 2.19 bits per heavy atom. The molecule has 0 heterocycles. The van der Waals surface area contributed by atoms with Gasteiger partial charge in [0.2, 0.25) is 0 Å². The third kappa shape index (κ3) is 3.45. The quantitative estimate of drug-likeness (QED) is 0.898. The van der Waals surface area contributed by atoms with Crippen LogP contribution in [0.2, 0.25) is 0 Å². The van der Waals surface area contributed by atoms with Crippen molar-refractivity contribution >= 4 is 5.69 Å². The maximum atomic E-state index is 6.05. The Bertz CT molecular complexity index is 587. The highest BCUT2D eigenvalue weighted by Crippen LogP contribution is 2.26. The fraction of sp³-hybridized carbons (Fsp3) is 0.368. The van der Waals surface area contributed by atoms with Gasteiger partial charge >= 0.3 is 0 Å². The lowest BCUT2D eigenvalue weighted by Gasteiger charge is -2.30. The maximum absolute atomic E-state index is 6.05. The molecular weight excluding hydrogens is 256 g/mol. The van der Waals surface area contributed by atoms with E-state index in [1.165, 1.54) is 27.9 Å². The molecule has 1 atom stereocenters. The van der Waals surface area contributed by atoms with E-state index in [0.717, 1.165) is 6.42 Å². The standard InChI is InChI=1S/C19H26N2/c1-5-16-7-10-18(11-8-16)21(4)19(13-20)17-9-6-14(2)15(3)12-17/h6-12,19H,5,13,20H2,1-4H3. The van der Waals surface area contributed by atoms with Gasteiger partial charge in [0.1, 0.15) is 0 Å². The van der Waals surface area contributed by atoms with Gasteiger partial charge in [0.15, 0.2) is 0 Å². The molecule has 1 unspecified atom stereocenters. The van der Waals surface area contributed by atoms with E-state index in [1.807, 2.05) is 0 Å². The first-order valence-electron chi connectivity index (χ1n) is 7.65. The molecule has 2 nitrogen and oxygen atoms in total. The van der Waals surface area contributed by atoms with E-state index in [2.05, 4.69) is 75.2 Å². The van der Waals surface area contributed by atoms with Gasteiger partial charge in [-0.05, 0) is 54.7 Å². The summed E-state index contributed by atoms with van der Waals surface area (Å²) in [6.45, 7) is 7.08. The number of aryl methyl sites for hydroxylation is 3. The van der Waals surface area contributed by atoms with Gasteiger partial charge in [-0.3, -0.25) is 0 Å². The first-order valence-corrected chi connectivity index (χ1v) is 7.65. The summed E-state index contributed by atoms with van der Waals surface area (Å²) in [6.07, 6.45) is 1.07. The number of benzene rings is 2. The minimum Gasteiger partial charge on any atom is -0.366 e. The number of rotatable bonds is 5. The third-order valence-corrected chi connectivity index (χ3v) is 4.36. The smallest absolute Gasteiger partial charge is 0.0661 e. The van der Waals surface area contributed by atoms with E-state index in [-0.39, 0.29) is 6.04 Å². The van der Waals surface area contributed by atoms with Gasteiger partial charge in [0, 0.05) is 19.3 Å². The van der Waals surface area contributed by atoms with E-state index in [9.17, 15) is 0 Å². The molecule has 0 aromatic heterocycles. The Kier molecular flexibility index (Phi) is 5.03. The van der Waals surface area contributed by atoms with Crippen LogP contribution >= 0.6 is 0 Å². The lowest BCUT2D eigenvalue weighted by atomic mass is 9.99. The molecule has 0 aliphatic heterocycles. The summed E-state index contributed by atoms with van der Waals surface area (Å²) in [5.41, 5.74) is 12.5. The van der Waals surface area contributed by atoms with Crippen molar-refractivity contribution in [3.05, 3.63) is 64.7 Å². The molecule has 2 N–H and O–H groups in total. The molecule has 0 aliphatic rings. The molecule has 0 spiro atoms. The summed E-state index contributed by atoms with van der Waals surface area (Å²) in [5.74, 6) is 0. The maximum Gasteiger partial charge on any atom is 0.0661 e. The average Bonchev–Trinajstić information content (AvgIpc) is 2.51. The molecule has 0 aliphatic carbocycles. The number of nitrogens with zero attached hydrogens (tertiary/aromatic N) is 1. The number of hydrogen-bond donors (Lipinski definition) is 1. The highest BCUT2D eigenvalue weighted by atomic mass is 15.1. The lowest BCUT2D eigenvalue weighted by molar-refractivity contribution is 0.680. The van der Waals surface area contributed by atoms with Crippen LogP contribution in [0.3, 0.4) is 0 Å². The summed E-state index contributed by atoms with van der Waals surface area (Å²) < 4.78 is 0.